The van der Waals surface area contributed by atoms with Crippen molar-refractivity contribution in [3.05, 3.63) is 133 Å². The van der Waals surface area contributed by atoms with Crippen LogP contribution in [-0.2, 0) is 23.7 Å². The molecule has 0 radical (unpaired) electrons. The predicted molar refractivity (Wildman–Crippen MR) is 240 cm³/mol. The van der Waals surface area contributed by atoms with Gasteiger partial charge in [0.25, 0.3) is 0 Å². The molecule has 2 N–H and O–H groups in total. The zero-order chi connectivity index (χ0) is 45.3. The Hall–Kier alpha value is -8.54. The first-order valence-electron chi connectivity index (χ1n) is 19.6. The first-order valence-corrected chi connectivity index (χ1v) is 19.6. The average molecular weight is 861 g/mol. The van der Waals surface area contributed by atoms with Crippen LogP contribution < -0.4 is 29.6 Å². The number of nitrogens with one attached hydrogen (secondary N) is 2. The Morgan fingerprint density at radius 3 is 1.22 bits per heavy atom. The number of hydrogen-bond acceptors (Lipinski definition) is 14. The molecule has 18 heteroatoms. The molecule has 0 saturated carbocycles. The van der Waals surface area contributed by atoms with E-state index in [-0.39, 0.29) is 11.8 Å². The zero-order valence-corrected chi connectivity index (χ0v) is 36.3. The molecular formula is C46H44N12O6. The summed E-state index contributed by atoms with van der Waals surface area (Å²) >= 11 is 0. The van der Waals surface area contributed by atoms with Crippen LogP contribution in [0.25, 0.3) is 56.0 Å². The number of hydrogen-bond donors (Lipinski definition) is 2. The van der Waals surface area contributed by atoms with Crippen molar-refractivity contribution >= 4 is 45.3 Å². The van der Waals surface area contributed by atoms with Gasteiger partial charge in [0.2, 0.25) is 11.8 Å². The lowest BCUT2D eigenvalue weighted by Crippen LogP contribution is -2.15. The molecule has 6 aromatic heterocycles. The molecule has 8 rings (SSSR count). The van der Waals surface area contributed by atoms with E-state index in [9.17, 15) is 9.59 Å². The number of likely N-dealkylation sites (N-methyl/N-ethyl adjacent to an activating group) is 2. The van der Waals surface area contributed by atoms with E-state index in [0.29, 0.717) is 90.4 Å². The highest BCUT2D eigenvalue weighted by Crippen LogP contribution is 2.33. The summed E-state index contributed by atoms with van der Waals surface area (Å²) in [6.45, 7) is 0. The largest absolute Gasteiger partial charge is 0.497 e. The molecular weight excluding hydrogens is 817 g/mol. The number of methoxy groups -OCH3 is 4. The summed E-state index contributed by atoms with van der Waals surface area (Å²) < 4.78 is 25.0. The van der Waals surface area contributed by atoms with E-state index in [1.165, 1.54) is 12.2 Å². The lowest BCUT2D eigenvalue weighted by atomic mass is 10.0. The standard InChI is InChI=1S/2C23H22N6O3/c2*1-24-22(30)10-18(14-7-16(31-3)9-17(8-14)32-4)19-5-6-20-23(27-19)28-21(12-25-20)15-11-26-29(2)13-15/h2*5-13H,1-4H3,(H,24,30)/b18-10+;18-10-. The van der Waals surface area contributed by atoms with Crippen LogP contribution in [0, 0.1) is 0 Å². The Labute approximate surface area is 367 Å². The van der Waals surface area contributed by atoms with Gasteiger partial charge >= 0.3 is 0 Å². The normalized spacial score (nSPS) is 11.4. The second kappa shape index (κ2) is 19.4. The maximum absolute atomic E-state index is 12.3. The molecule has 0 aliphatic rings. The Kier molecular flexibility index (Phi) is 13.2. The Balaban J connectivity index is 0.000000191. The van der Waals surface area contributed by atoms with Gasteiger partial charge in [-0.3, -0.25) is 28.9 Å². The first-order chi connectivity index (χ1) is 31.0. The molecule has 8 aromatic rings. The van der Waals surface area contributed by atoms with E-state index in [1.807, 2.05) is 75.0 Å². The van der Waals surface area contributed by atoms with Crippen molar-refractivity contribution in [2.75, 3.05) is 42.5 Å². The van der Waals surface area contributed by atoms with Crippen molar-refractivity contribution < 1.29 is 28.5 Å². The molecule has 0 fully saturated rings. The molecule has 18 nitrogen and oxygen atoms in total. The summed E-state index contributed by atoms with van der Waals surface area (Å²) in [5, 5.41) is 13.6. The number of benzene rings is 2. The highest BCUT2D eigenvalue weighted by atomic mass is 16.5. The lowest BCUT2D eigenvalue weighted by molar-refractivity contribution is -0.116. The van der Waals surface area contributed by atoms with Crippen LogP contribution in [-0.4, -0.2) is 104 Å². The minimum Gasteiger partial charge on any atom is -0.497 e. The molecule has 0 bridgehead atoms. The molecule has 0 aliphatic carbocycles. The Bertz CT molecular complexity index is 2820. The number of fused-ring (bicyclic) bond motifs is 2. The van der Waals surface area contributed by atoms with Gasteiger partial charge in [-0.15, -0.1) is 0 Å². The number of aromatic nitrogens is 10. The molecule has 0 unspecified atom stereocenters. The van der Waals surface area contributed by atoms with Crippen LogP contribution in [0.5, 0.6) is 23.0 Å². The number of nitrogens with zero attached hydrogens (tertiary/aromatic N) is 10. The Morgan fingerprint density at radius 2 is 0.906 bits per heavy atom. The number of carbonyl (C=O) groups is 2. The van der Waals surface area contributed by atoms with Crippen LogP contribution in [0.15, 0.2) is 110 Å². The van der Waals surface area contributed by atoms with Gasteiger partial charge in [-0.25, -0.2) is 19.9 Å². The quantitative estimate of drug-likeness (QED) is 0.151. The summed E-state index contributed by atoms with van der Waals surface area (Å²) in [4.78, 5) is 52.2. The van der Waals surface area contributed by atoms with Crippen molar-refractivity contribution in [3.8, 4) is 45.5 Å². The number of amides is 2. The molecule has 324 valence electrons. The maximum atomic E-state index is 12.3. The van der Waals surface area contributed by atoms with Gasteiger partial charge in [-0.2, -0.15) is 10.2 Å². The van der Waals surface area contributed by atoms with Gasteiger partial charge in [0.15, 0.2) is 11.3 Å². The third-order valence-corrected chi connectivity index (χ3v) is 9.74. The molecule has 0 saturated heterocycles. The zero-order valence-electron chi connectivity index (χ0n) is 36.3. The Morgan fingerprint density at radius 1 is 0.531 bits per heavy atom. The van der Waals surface area contributed by atoms with E-state index >= 15 is 0 Å². The topological polar surface area (TPSA) is 208 Å². The molecule has 0 aliphatic heterocycles. The van der Waals surface area contributed by atoms with Crippen LogP contribution in [0.3, 0.4) is 0 Å². The van der Waals surface area contributed by atoms with Crippen molar-refractivity contribution in [2.45, 2.75) is 0 Å². The SMILES string of the molecule is CNC(=O)/C=C(/c1cc(OC)cc(OC)c1)c1ccc2ncc(-c3cnn(C)c3)nc2n1.CNC(=O)/C=C(\c1cc(OC)cc(OC)c1)c1ccc2ncc(-c3cnn(C)c3)nc2n1. The van der Waals surface area contributed by atoms with Crippen LogP contribution in [0.1, 0.15) is 22.5 Å². The molecule has 2 aromatic carbocycles. The van der Waals surface area contributed by atoms with Crippen LogP contribution in [0.4, 0.5) is 0 Å². The third kappa shape index (κ3) is 9.97. The van der Waals surface area contributed by atoms with Crippen molar-refractivity contribution in [2.24, 2.45) is 14.1 Å². The van der Waals surface area contributed by atoms with E-state index in [0.717, 1.165) is 11.1 Å². The van der Waals surface area contributed by atoms with Crippen molar-refractivity contribution in [1.29, 1.82) is 0 Å². The number of ether oxygens (including phenoxy) is 4. The van der Waals surface area contributed by atoms with E-state index in [2.05, 4.69) is 40.8 Å². The summed E-state index contributed by atoms with van der Waals surface area (Å²) in [6.07, 6.45) is 13.5. The fraction of sp³-hybridized carbons (Fsp3) is 0.174. The van der Waals surface area contributed by atoms with E-state index < -0.39 is 0 Å². The van der Waals surface area contributed by atoms with Crippen LogP contribution >= 0.6 is 0 Å². The number of pyridine rings is 2. The second-order valence-electron chi connectivity index (χ2n) is 13.9. The highest BCUT2D eigenvalue weighted by molar-refractivity contribution is 6.00. The van der Waals surface area contributed by atoms with Gasteiger partial charge in [0.1, 0.15) is 34.0 Å². The smallest absolute Gasteiger partial charge is 0.244 e. The maximum Gasteiger partial charge on any atom is 0.244 e. The van der Waals surface area contributed by atoms with E-state index in [1.54, 1.807) is 88.8 Å². The summed E-state index contributed by atoms with van der Waals surface area (Å²) in [7, 11) is 13.1. The van der Waals surface area contributed by atoms with Gasteiger partial charge in [-0.1, -0.05) is 0 Å². The number of rotatable bonds is 12. The van der Waals surface area contributed by atoms with Crippen molar-refractivity contribution in [3.63, 3.8) is 0 Å². The number of carbonyl (C=O) groups excluding carboxylic acids is 2. The molecule has 0 spiro atoms. The summed E-state index contributed by atoms with van der Waals surface area (Å²) in [5.41, 5.74) is 8.96. The average Bonchev–Trinajstić information content (AvgIpc) is 3.99. The molecule has 2 amide bonds. The fourth-order valence-electron chi connectivity index (χ4n) is 6.42. The minimum absolute atomic E-state index is 0.265. The predicted octanol–water partition coefficient (Wildman–Crippen LogP) is 5.24. The molecule has 64 heavy (non-hydrogen) atoms. The van der Waals surface area contributed by atoms with Gasteiger partial charge < -0.3 is 29.6 Å². The molecule has 0 atom stereocenters. The first kappa shape index (κ1) is 43.5. The van der Waals surface area contributed by atoms with Crippen molar-refractivity contribution in [1.82, 2.24) is 60.1 Å². The van der Waals surface area contributed by atoms with Gasteiger partial charge in [0.05, 0.1) is 76.0 Å². The second-order valence-corrected chi connectivity index (χ2v) is 13.9. The van der Waals surface area contributed by atoms with Crippen LogP contribution in [0.2, 0.25) is 0 Å². The summed E-state index contributed by atoms with van der Waals surface area (Å²) in [6, 6.07) is 18.1. The molecule has 6 heterocycles. The number of aryl methyl sites for hydroxylation is 2. The van der Waals surface area contributed by atoms with E-state index in [4.69, 9.17) is 28.9 Å². The lowest BCUT2D eigenvalue weighted by Gasteiger charge is -2.12. The monoisotopic (exact) mass is 860 g/mol. The summed E-state index contributed by atoms with van der Waals surface area (Å²) in [5.74, 6) is 1.86. The highest BCUT2D eigenvalue weighted by Gasteiger charge is 2.17. The van der Waals surface area contributed by atoms with Gasteiger partial charge in [0, 0.05) is 87.1 Å². The third-order valence-electron chi connectivity index (χ3n) is 9.74. The minimum atomic E-state index is -0.265. The fourth-order valence-corrected chi connectivity index (χ4v) is 6.42. The van der Waals surface area contributed by atoms with Gasteiger partial charge in [-0.05, 0) is 59.7 Å².